The third kappa shape index (κ3) is 2.03. The second-order valence-electron chi connectivity index (χ2n) is 5.88. The third-order valence-electron chi connectivity index (χ3n) is 4.83. The summed E-state index contributed by atoms with van der Waals surface area (Å²) in [5, 5.41) is 10.0. The molecule has 0 heterocycles. The lowest BCUT2D eigenvalue weighted by Crippen LogP contribution is -2.38. The van der Waals surface area contributed by atoms with Crippen LogP contribution in [0.4, 0.5) is 0 Å². The summed E-state index contributed by atoms with van der Waals surface area (Å²) in [5.41, 5.74) is 10.9. The molecule has 18 heavy (non-hydrogen) atoms. The lowest BCUT2D eigenvalue weighted by Gasteiger charge is -2.38. The van der Waals surface area contributed by atoms with Gasteiger partial charge in [0.05, 0.1) is 0 Å². The monoisotopic (exact) mass is 247 g/mol. The van der Waals surface area contributed by atoms with E-state index < -0.39 is 0 Å². The van der Waals surface area contributed by atoms with Crippen LogP contribution in [0.25, 0.3) is 0 Å². The van der Waals surface area contributed by atoms with Gasteiger partial charge in [0.25, 0.3) is 0 Å². The van der Waals surface area contributed by atoms with Crippen molar-refractivity contribution in [2.45, 2.75) is 58.3 Å². The van der Waals surface area contributed by atoms with E-state index in [9.17, 15) is 5.11 Å². The maximum absolute atomic E-state index is 10.0. The molecule has 2 nitrogen and oxygen atoms in total. The smallest absolute Gasteiger partial charge is 0.121 e. The molecule has 3 N–H and O–H groups in total. The van der Waals surface area contributed by atoms with E-state index in [1.165, 1.54) is 43.2 Å². The zero-order valence-corrected chi connectivity index (χ0v) is 11.8. The van der Waals surface area contributed by atoms with Gasteiger partial charge < -0.3 is 10.8 Å². The minimum absolute atomic E-state index is 0.144. The van der Waals surface area contributed by atoms with Crippen LogP contribution in [0.5, 0.6) is 5.75 Å². The minimum atomic E-state index is 0.144. The summed E-state index contributed by atoms with van der Waals surface area (Å²) in [6.07, 6.45) is 6.25. The topological polar surface area (TPSA) is 46.2 Å². The molecule has 1 aromatic rings. The van der Waals surface area contributed by atoms with E-state index >= 15 is 0 Å². The molecule has 1 saturated carbocycles. The molecule has 0 spiro atoms. The van der Waals surface area contributed by atoms with Crippen LogP contribution in [0, 0.1) is 20.8 Å². The fourth-order valence-electron chi connectivity index (χ4n) is 3.43. The fourth-order valence-corrected chi connectivity index (χ4v) is 3.43. The van der Waals surface area contributed by atoms with Crippen LogP contribution in [0.15, 0.2) is 6.07 Å². The highest BCUT2D eigenvalue weighted by Crippen LogP contribution is 2.42. The Bertz CT molecular complexity index is 445. The average molecular weight is 247 g/mol. The van der Waals surface area contributed by atoms with Gasteiger partial charge in [0.15, 0.2) is 0 Å². The van der Waals surface area contributed by atoms with Gasteiger partial charge in [0.2, 0.25) is 0 Å². The Kier molecular flexibility index (Phi) is 3.67. The van der Waals surface area contributed by atoms with Crippen LogP contribution >= 0.6 is 0 Å². The van der Waals surface area contributed by atoms with Crippen molar-refractivity contribution in [2.75, 3.05) is 6.54 Å². The summed E-state index contributed by atoms with van der Waals surface area (Å²) >= 11 is 0. The predicted molar refractivity (Wildman–Crippen MR) is 76.1 cm³/mol. The second kappa shape index (κ2) is 4.93. The summed E-state index contributed by atoms with van der Waals surface area (Å²) < 4.78 is 0. The lowest BCUT2D eigenvalue weighted by atomic mass is 9.67. The summed E-state index contributed by atoms with van der Waals surface area (Å²) in [6.45, 7) is 6.83. The summed E-state index contributed by atoms with van der Waals surface area (Å²) in [4.78, 5) is 0. The van der Waals surface area contributed by atoms with Gasteiger partial charge in [0, 0.05) is 12.0 Å². The van der Waals surface area contributed by atoms with Gasteiger partial charge in [-0.1, -0.05) is 25.3 Å². The summed E-state index contributed by atoms with van der Waals surface area (Å²) in [7, 11) is 0. The van der Waals surface area contributed by atoms with Gasteiger partial charge in [-0.05, 0) is 55.9 Å². The molecule has 1 aliphatic carbocycles. The Labute approximate surface area is 110 Å². The van der Waals surface area contributed by atoms with Crippen molar-refractivity contribution in [3.8, 4) is 5.75 Å². The number of rotatable bonds is 2. The van der Waals surface area contributed by atoms with E-state index in [0.29, 0.717) is 5.75 Å². The zero-order chi connectivity index (χ0) is 13.3. The first-order valence-electron chi connectivity index (χ1n) is 7.02. The lowest BCUT2D eigenvalue weighted by molar-refractivity contribution is 0.299. The van der Waals surface area contributed by atoms with Crippen molar-refractivity contribution in [3.05, 3.63) is 28.3 Å². The first kappa shape index (κ1) is 13.4. The SMILES string of the molecule is Cc1cc(C2(CN)CCCCC2)c(C)c(C)c1O. The quantitative estimate of drug-likeness (QED) is 0.840. The number of benzene rings is 1. The Morgan fingerprint density at radius 1 is 1.11 bits per heavy atom. The number of hydrogen-bond donors (Lipinski definition) is 2. The van der Waals surface area contributed by atoms with Crippen molar-refractivity contribution in [2.24, 2.45) is 5.73 Å². The Balaban J connectivity index is 2.55. The van der Waals surface area contributed by atoms with Gasteiger partial charge in [-0.2, -0.15) is 0 Å². The molecule has 0 atom stereocenters. The van der Waals surface area contributed by atoms with E-state index in [1.54, 1.807) is 0 Å². The molecule has 0 unspecified atom stereocenters. The molecule has 2 rings (SSSR count). The molecular formula is C16H25NO. The minimum Gasteiger partial charge on any atom is -0.507 e. The van der Waals surface area contributed by atoms with Gasteiger partial charge in [-0.3, -0.25) is 0 Å². The van der Waals surface area contributed by atoms with Gasteiger partial charge in [-0.25, -0.2) is 0 Å². The van der Waals surface area contributed by atoms with E-state index in [-0.39, 0.29) is 5.41 Å². The van der Waals surface area contributed by atoms with Gasteiger partial charge in [-0.15, -0.1) is 0 Å². The standard InChI is InChI=1S/C16H25NO/c1-11-9-14(12(2)13(3)15(11)18)16(10-17)7-5-4-6-8-16/h9,18H,4-8,10,17H2,1-3H3. The van der Waals surface area contributed by atoms with Crippen LogP contribution in [0.1, 0.15) is 54.4 Å². The molecule has 0 aromatic heterocycles. The van der Waals surface area contributed by atoms with Crippen molar-refractivity contribution in [1.82, 2.24) is 0 Å². The number of hydrogen-bond acceptors (Lipinski definition) is 2. The first-order chi connectivity index (χ1) is 8.52. The van der Waals surface area contributed by atoms with Crippen LogP contribution < -0.4 is 5.73 Å². The molecule has 1 fully saturated rings. The summed E-state index contributed by atoms with van der Waals surface area (Å²) in [6, 6.07) is 2.16. The molecule has 0 aliphatic heterocycles. The highest BCUT2D eigenvalue weighted by atomic mass is 16.3. The molecular weight excluding hydrogens is 222 g/mol. The van der Waals surface area contributed by atoms with Crippen LogP contribution in [0.3, 0.4) is 0 Å². The highest BCUT2D eigenvalue weighted by Gasteiger charge is 2.34. The predicted octanol–water partition coefficient (Wildman–Crippen LogP) is 3.48. The Hall–Kier alpha value is -1.02. The normalized spacial score (nSPS) is 18.9. The van der Waals surface area contributed by atoms with Crippen molar-refractivity contribution >= 4 is 0 Å². The van der Waals surface area contributed by atoms with E-state index in [2.05, 4.69) is 13.0 Å². The average Bonchev–Trinajstić information content (AvgIpc) is 2.41. The molecule has 100 valence electrons. The zero-order valence-electron chi connectivity index (χ0n) is 11.8. The number of aryl methyl sites for hydroxylation is 1. The molecule has 0 radical (unpaired) electrons. The van der Waals surface area contributed by atoms with Crippen molar-refractivity contribution in [3.63, 3.8) is 0 Å². The number of phenolic OH excluding ortho intramolecular Hbond substituents is 1. The Morgan fingerprint density at radius 2 is 1.72 bits per heavy atom. The highest BCUT2D eigenvalue weighted by molar-refractivity contribution is 5.51. The maximum Gasteiger partial charge on any atom is 0.121 e. The molecule has 2 heteroatoms. The number of phenols is 1. The van der Waals surface area contributed by atoms with E-state index in [4.69, 9.17) is 5.73 Å². The van der Waals surface area contributed by atoms with Gasteiger partial charge >= 0.3 is 0 Å². The molecule has 0 saturated heterocycles. The molecule has 0 bridgehead atoms. The fraction of sp³-hybridized carbons (Fsp3) is 0.625. The largest absolute Gasteiger partial charge is 0.507 e. The molecule has 0 amide bonds. The van der Waals surface area contributed by atoms with Crippen molar-refractivity contribution < 1.29 is 5.11 Å². The molecule has 1 aromatic carbocycles. The number of nitrogens with two attached hydrogens (primary N) is 1. The molecule has 1 aliphatic rings. The summed E-state index contributed by atoms with van der Waals surface area (Å²) in [5.74, 6) is 0.444. The van der Waals surface area contributed by atoms with Crippen LogP contribution in [0.2, 0.25) is 0 Å². The van der Waals surface area contributed by atoms with E-state index in [0.717, 1.165) is 17.7 Å². The number of aromatic hydroxyl groups is 1. The third-order valence-corrected chi connectivity index (χ3v) is 4.83. The van der Waals surface area contributed by atoms with E-state index in [1.807, 2.05) is 13.8 Å². The Morgan fingerprint density at radius 3 is 2.28 bits per heavy atom. The first-order valence-corrected chi connectivity index (χ1v) is 7.02. The maximum atomic E-state index is 10.0. The van der Waals surface area contributed by atoms with Crippen LogP contribution in [-0.2, 0) is 5.41 Å². The van der Waals surface area contributed by atoms with Crippen LogP contribution in [-0.4, -0.2) is 11.7 Å². The second-order valence-corrected chi connectivity index (χ2v) is 5.88. The van der Waals surface area contributed by atoms with Gasteiger partial charge in [0.1, 0.15) is 5.75 Å². The van der Waals surface area contributed by atoms with Crippen molar-refractivity contribution in [1.29, 1.82) is 0 Å².